The zero-order valence-electron chi connectivity index (χ0n) is 23.1. The second kappa shape index (κ2) is 10.6. The van der Waals surface area contributed by atoms with Crippen LogP contribution in [-0.2, 0) is 6.54 Å². The van der Waals surface area contributed by atoms with Gasteiger partial charge in [-0.05, 0) is 61.9 Å². The summed E-state index contributed by atoms with van der Waals surface area (Å²) in [5.41, 5.74) is 12.6. The fraction of sp³-hybridized carbons (Fsp3) is 0.387. The second-order valence-corrected chi connectivity index (χ2v) is 11.3. The van der Waals surface area contributed by atoms with Gasteiger partial charge in [0, 0.05) is 56.2 Å². The second-order valence-electron chi connectivity index (χ2n) is 11.3. The minimum Gasteiger partial charge on any atom is -0.383 e. The van der Waals surface area contributed by atoms with Gasteiger partial charge in [-0.25, -0.2) is 14.6 Å². The third kappa shape index (κ3) is 4.69. The van der Waals surface area contributed by atoms with Crippen molar-refractivity contribution >= 4 is 33.4 Å². The molecule has 9 heteroatoms. The number of piperazine rings is 1. The van der Waals surface area contributed by atoms with E-state index in [0.717, 1.165) is 47.4 Å². The maximum Gasteiger partial charge on any atom is 0.164 e. The number of nitrogen functional groups attached to an aromatic ring is 1. The van der Waals surface area contributed by atoms with E-state index in [1.807, 2.05) is 6.20 Å². The van der Waals surface area contributed by atoms with Gasteiger partial charge in [0.25, 0.3) is 0 Å². The Labute approximate surface area is 234 Å². The summed E-state index contributed by atoms with van der Waals surface area (Å²) in [6.07, 6.45) is 8.15. The summed E-state index contributed by atoms with van der Waals surface area (Å²) < 4.78 is 2.13. The van der Waals surface area contributed by atoms with Gasteiger partial charge in [0.1, 0.15) is 17.8 Å². The van der Waals surface area contributed by atoms with Crippen molar-refractivity contribution in [3.63, 3.8) is 0 Å². The van der Waals surface area contributed by atoms with Gasteiger partial charge in [-0.1, -0.05) is 30.3 Å². The molecular weight excluding hydrogens is 498 g/mol. The molecule has 5 aromatic rings. The van der Waals surface area contributed by atoms with Crippen molar-refractivity contribution in [2.45, 2.75) is 44.3 Å². The number of hydrogen-bond acceptors (Lipinski definition) is 7. The molecule has 206 valence electrons. The summed E-state index contributed by atoms with van der Waals surface area (Å²) >= 11 is 0. The number of benzene rings is 2. The summed E-state index contributed by atoms with van der Waals surface area (Å²) in [5.74, 6) is 0.485. The van der Waals surface area contributed by atoms with Crippen LogP contribution in [0.1, 0.15) is 37.3 Å². The van der Waals surface area contributed by atoms with E-state index in [4.69, 9.17) is 10.8 Å². The van der Waals surface area contributed by atoms with E-state index in [1.165, 1.54) is 55.5 Å². The molecule has 1 saturated heterocycles. The van der Waals surface area contributed by atoms with Crippen LogP contribution >= 0.6 is 0 Å². The SMILES string of the molecule is CN1CCN([C@H]2CC[C@H](n3nc(-c4ccc(NCc5cccc6cc[nH]c56)cc4)c4c(N)ncnc43)CC2)CC1. The van der Waals surface area contributed by atoms with Crippen LogP contribution in [0.4, 0.5) is 11.5 Å². The zero-order valence-corrected chi connectivity index (χ0v) is 23.1. The number of aromatic nitrogens is 5. The molecule has 0 bridgehead atoms. The Hall–Kier alpha value is -3.95. The van der Waals surface area contributed by atoms with Crippen molar-refractivity contribution in [3.8, 4) is 11.3 Å². The van der Waals surface area contributed by atoms with Crippen molar-refractivity contribution in [2.75, 3.05) is 44.3 Å². The molecule has 0 radical (unpaired) electrons. The first-order valence-corrected chi connectivity index (χ1v) is 14.4. The Bertz CT molecular complexity index is 1600. The largest absolute Gasteiger partial charge is 0.383 e. The van der Waals surface area contributed by atoms with Crippen molar-refractivity contribution in [3.05, 3.63) is 66.6 Å². The molecule has 0 unspecified atom stereocenters. The van der Waals surface area contributed by atoms with Crippen molar-refractivity contribution in [1.29, 1.82) is 0 Å². The van der Waals surface area contributed by atoms with Gasteiger partial charge in [-0.2, -0.15) is 5.10 Å². The number of para-hydroxylation sites is 1. The van der Waals surface area contributed by atoms with Crippen molar-refractivity contribution < 1.29 is 0 Å². The van der Waals surface area contributed by atoms with Crippen LogP contribution < -0.4 is 11.1 Å². The maximum atomic E-state index is 6.42. The van der Waals surface area contributed by atoms with E-state index >= 15 is 0 Å². The lowest BCUT2D eigenvalue weighted by Crippen LogP contribution is -2.49. The van der Waals surface area contributed by atoms with Gasteiger partial charge in [-0.3, -0.25) is 4.90 Å². The molecule has 4 heterocycles. The maximum absolute atomic E-state index is 6.42. The summed E-state index contributed by atoms with van der Waals surface area (Å²) in [6.45, 7) is 5.43. The number of rotatable bonds is 6. The van der Waals surface area contributed by atoms with Gasteiger partial charge in [0.2, 0.25) is 0 Å². The van der Waals surface area contributed by atoms with Crippen LogP contribution in [0.25, 0.3) is 33.2 Å². The molecule has 2 aliphatic rings. The number of nitrogens with zero attached hydrogens (tertiary/aromatic N) is 6. The Kier molecular flexibility index (Phi) is 6.61. The summed E-state index contributed by atoms with van der Waals surface area (Å²) in [5, 5.41) is 10.8. The average molecular weight is 536 g/mol. The number of hydrogen-bond donors (Lipinski definition) is 3. The molecule has 1 saturated carbocycles. The zero-order chi connectivity index (χ0) is 27.1. The van der Waals surface area contributed by atoms with E-state index in [1.54, 1.807) is 6.33 Å². The van der Waals surface area contributed by atoms with Crippen LogP contribution in [0.2, 0.25) is 0 Å². The van der Waals surface area contributed by atoms with E-state index < -0.39 is 0 Å². The average Bonchev–Trinajstić information content (AvgIpc) is 3.63. The smallest absolute Gasteiger partial charge is 0.164 e. The van der Waals surface area contributed by atoms with Gasteiger partial charge in [0.15, 0.2) is 5.65 Å². The van der Waals surface area contributed by atoms with Gasteiger partial charge in [-0.15, -0.1) is 0 Å². The third-order valence-electron chi connectivity index (χ3n) is 8.90. The first kappa shape index (κ1) is 25.0. The highest BCUT2D eigenvalue weighted by molar-refractivity contribution is 5.98. The summed E-state index contributed by atoms with van der Waals surface area (Å²) in [6, 6.07) is 17.9. The fourth-order valence-corrected chi connectivity index (χ4v) is 6.55. The van der Waals surface area contributed by atoms with Crippen molar-refractivity contribution in [2.24, 2.45) is 0 Å². The number of likely N-dealkylation sites (N-methyl/N-ethyl adjacent to an activating group) is 1. The van der Waals surface area contributed by atoms with Gasteiger partial charge in [0.05, 0.1) is 16.9 Å². The Morgan fingerprint density at radius 2 is 1.70 bits per heavy atom. The standard InChI is InChI=1S/C31H37N9/c1-38-15-17-39(18-16-38)25-9-11-26(12-10-25)40-31-27(30(32)35-20-36-31)29(37-40)22-5-7-24(8-6-22)34-19-23-4-2-3-21-13-14-33-28(21)23/h2-8,13-14,20,25-26,33-34H,9-12,15-19H2,1H3,(H2,32,35,36)/t25-,26-. The molecule has 7 rings (SSSR count). The Morgan fingerprint density at radius 3 is 2.50 bits per heavy atom. The minimum absolute atomic E-state index is 0.325. The lowest BCUT2D eigenvalue weighted by atomic mass is 9.90. The molecule has 2 aromatic carbocycles. The lowest BCUT2D eigenvalue weighted by molar-refractivity contribution is 0.0815. The highest BCUT2D eigenvalue weighted by Crippen LogP contribution is 2.37. The molecule has 1 aliphatic heterocycles. The Morgan fingerprint density at radius 1 is 0.925 bits per heavy atom. The minimum atomic E-state index is 0.325. The lowest BCUT2D eigenvalue weighted by Gasteiger charge is -2.41. The van der Waals surface area contributed by atoms with Gasteiger partial charge < -0.3 is 20.9 Å². The predicted molar refractivity (Wildman–Crippen MR) is 161 cm³/mol. The molecule has 40 heavy (non-hydrogen) atoms. The fourth-order valence-electron chi connectivity index (χ4n) is 6.55. The van der Waals surface area contributed by atoms with E-state index in [0.29, 0.717) is 17.9 Å². The number of H-pyrrole nitrogens is 1. The van der Waals surface area contributed by atoms with Crippen LogP contribution in [0.3, 0.4) is 0 Å². The van der Waals surface area contributed by atoms with Crippen molar-refractivity contribution in [1.82, 2.24) is 34.5 Å². The molecule has 3 aromatic heterocycles. The number of anilines is 2. The van der Waals surface area contributed by atoms with Gasteiger partial charge >= 0.3 is 0 Å². The molecule has 0 amide bonds. The number of fused-ring (bicyclic) bond motifs is 2. The van der Waals surface area contributed by atoms with E-state index in [-0.39, 0.29) is 0 Å². The van der Waals surface area contributed by atoms with Crippen LogP contribution in [-0.4, -0.2) is 73.8 Å². The monoisotopic (exact) mass is 535 g/mol. The first-order valence-electron chi connectivity index (χ1n) is 14.4. The topological polar surface area (TPSA) is 104 Å². The predicted octanol–water partition coefficient (Wildman–Crippen LogP) is 4.90. The first-order chi connectivity index (χ1) is 19.6. The van der Waals surface area contributed by atoms with E-state index in [2.05, 4.69) is 90.3 Å². The summed E-state index contributed by atoms with van der Waals surface area (Å²) in [7, 11) is 2.22. The molecule has 2 fully saturated rings. The highest BCUT2D eigenvalue weighted by Gasteiger charge is 2.30. The summed E-state index contributed by atoms with van der Waals surface area (Å²) in [4.78, 5) is 17.4. The molecule has 9 nitrogen and oxygen atoms in total. The van der Waals surface area contributed by atoms with E-state index in [9.17, 15) is 0 Å². The van der Waals surface area contributed by atoms with Crippen LogP contribution in [0.5, 0.6) is 0 Å². The highest BCUT2D eigenvalue weighted by atomic mass is 15.3. The van der Waals surface area contributed by atoms with Crippen LogP contribution in [0, 0.1) is 0 Å². The number of nitrogens with two attached hydrogens (primary N) is 1. The number of aromatic amines is 1. The molecule has 0 atom stereocenters. The molecular formula is C31H37N9. The normalized spacial score (nSPS) is 20.8. The Balaban J connectivity index is 1.09. The number of nitrogens with one attached hydrogen (secondary N) is 2. The third-order valence-corrected chi connectivity index (χ3v) is 8.90. The molecule has 4 N–H and O–H groups in total. The quantitative estimate of drug-likeness (QED) is 0.284. The van der Waals surface area contributed by atoms with Crippen LogP contribution in [0.15, 0.2) is 61.1 Å². The molecule has 1 aliphatic carbocycles. The molecule has 0 spiro atoms.